The molecule has 2 aromatic rings. The minimum atomic E-state index is -3.32. The van der Waals surface area contributed by atoms with Crippen molar-refractivity contribution in [2.75, 3.05) is 17.1 Å². The Morgan fingerprint density at radius 2 is 1.84 bits per heavy atom. The predicted octanol–water partition coefficient (Wildman–Crippen LogP) is 2.09. The number of nitrogens with zero attached hydrogens (tertiary/aromatic N) is 2. The zero-order valence-corrected chi connectivity index (χ0v) is 11.5. The topological polar surface area (TPSA) is 50.3 Å². The SMILES string of the molecule is CN(c1cccnc1)S(=O)(=O)CCc1ccccc1. The molecule has 0 bridgehead atoms. The minimum Gasteiger partial charge on any atom is -0.272 e. The Morgan fingerprint density at radius 1 is 1.11 bits per heavy atom. The second-order valence-corrected chi connectivity index (χ2v) is 6.35. The van der Waals surface area contributed by atoms with Gasteiger partial charge in [-0.15, -0.1) is 0 Å². The van der Waals surface area contributed by atoms with Gasteiger partial charge in [0.15, 0.2) is 0 Å². The summed E-state index contributed by atoms with van der Waals surface area (Å²) in [5.74, 6) is 0.0857. The van der Waals surface area contributed by atoms with Gasteiger partial charge in [-0.25, -0.2) is 8.42 Å². The van der Waals surface area contributed by atoms with E-state index in [0.29, 0.717) is 12.1 Å². The summed E-state index contributed by atoms with van der Waals surface area (Å²) in [5.41, 5.74) is 1.60. The van der Waals surface area contributed by atoms with E-state index in [-0.39, 0.29) is 5.75 Å². The Balaban J connectivity index is 2.07. The van der Waals surface area contributed by atoms with Crippen molar-refractivity contribution in [3.8, 4) is 0 Å². The normalized spacial score (nSPS) is 11.2. The van der Waals surface area contributed by atoms with Crippen LogP contribution in [0.3, 0.4) is 0 Å². The molecule has 0 aliphatic carbocycles. The van der Waals surface area contributed by atoms with Crippen molar-refractivity contribution in [2.24, 2.45) is 0 Å². The van der Waals surface area contributed by atoms with Gasteiger partial charge >= 0.3 is 0 Å². The van der Waals surface area contributed by atoms with Gasteiger partial charge in [0.05, 0.1) is 17.6 Å². The fourth-order valence-corrected chi connectivity index (χ4v) is 2.93. The van der Waals surface area contributed by atoms with Crippen LogP contribution in [0.25, 0.3) is 0 Å². The average Bonchev–Trinajstić information content (AvgIpc) is 2.46. The number of hydrogen-bond acceptors (Lipinski definition) is 3. The molecule has 0 radical (unpaired) electrons. The molecule has 1 aromatic carbocycles. The summed E-state index contributed by atoms with van der Waals surface area (Å²) in [6.07, 6.45) is 3.67. The van der Waals surface area contributed by atoms with Gasteiger partial charge in [-0.3, -0.25) is 9.29 Å². The van der Waals surface area contributed by atoms with E-state index in [0.717, 1.165) is 5.56 Å². The second-order valence-electron chi connectivity index (χ2n) is 4.23. The highest BCUT2D eigenvalue weighted by Gasteiger charge is 2.18. The van der Waals surface area contributed by atoms with Gasteiger partial charge in [-0.1, -0.05) is 30.3 Å². The third-order valence-corrected chi connectivity index (χ3v) is 4.68. The Kier molecular flexibility index (Phi) is 4.16. The standard InChI is InChI=1S/C14H16N2O2S/c1-16(14-8-5-10-15-12-14)19(17,18)11-9-13-6-3-2-4-7-13/h2-8,10,12H,9,11H2,1H3. The number of anilines is 1. The number of rotatable bonds is 5. The zero-order chi connectivity index (χ0) is 13.7. The van der Waals surface area contributed by atoms with Crippen LogP contribution < -0.4 is 4.31 Å². The zero-order valence-electron chi connectivity index (χ0n) is 10.7. The molecule has 1 aromatic heterocycles. The molecule has 0 fully saturated rings. The third kappa shape index (κ3) is 3.54. The van der Waals surface area contributed by atoms with Crippen LogP contribution in [0.15, 0.2) is 54.9 Å². The van der Waals surface area contributed by atoms with Gasteiger partial charge in [0.1, 0.15) is 0 Å². The van der Waals surface area contributed by atoms with E-state index >= 15 is 0 Å². The van der Waals surface area contributed by atoms with Gasteiger partial charge in [0, 0.05) is 13.2 Å². The number of hydrogen-bond donors (Lipinski definition) is 0. The molecular weight excluding hydrogens is 260 g/mol. The van der Waals surface area contributed by atoms with Crippen molar-refractivity contribution in [2.45, 2.75) is 6.42 Å². The molecule has 0 atom stereocenters. The summed E-state index contributed by atoms with van der Waals surface area (Å²) in [5, 5.41) is 0. The molecule has 0 unspecified atom stereocenters. The Bertz CT molecular complexity index is 612. The van der Waals surface area contributed by atoms with Gasteiger partial charge in [-0.05, 0) is 24.1 Å². The van der Waals surface area contributed by atoms with Gasteiger partial charge < -0.3 is 0 Å². The number of aryl methyl sites for hydroxylation is 1. The van der Waals surface area contributed by atoms with E-state index in [1.54, 1.807) is 31.6 Å². The van der Waals surface area contributed by atoms with Crippen molar-refractivity contribution in [3.05, 3.63) is 60.4 Å². The summed E-state index contributed by atoms with van der Waals surface area (Å²) in [7, 11) is -1.77. The molecule has 1 heterocycles. The quantitative estimate of drug-likeness (QED) is 0.840. The van der Waals surface area contributed by atoms with Crippen molar-refractivity contribution < 1.29 is 8.42 Å². The molecule has 0 saturated heterocycles. The van der Waals surface area contributed by atoms with Crippen molar-refractivity contribution in [1.82, 2.24) is 4.98 Å². The van der Waals surface area contributed by atoms with Crippen LogP contribution in [-0.2, 0) is 16.4 Å². The van der Waals surface area contributed by atoms with E-state index in [4.69, 9.17) is 0 Å². The number of pyridine rings is 1. The lowest BCUT2D eigenvalue weighted by atomic mass is 10.2. The van der Waals surface area contributed by atoms with Crippen LogP contribution in [0.1, 0.15) is 5.56 Å². The lowest BCUT2D eigenvalue weighted by Crippen LogP contribution is -2.29. The van der Waals surface area contributed by atoms with Gasteiger partial charge in [0.2, 0.25) is 10.0 Å². The second kappa shape index (κ2) is 5.84. The van der Waals surface area contributed by atoms with Crippen LogP contribution in [0.2, 0.25) is 0 Å². The van der Waals surface area contributed by atoms with Crippen LogP contribution in [0, 0.1) is 0 Å². The fraction of sp³-hybridized carbons (Fsp3) is 0.214. The minimum absolute atomic E-state index is 0.0857. The van der Waals surface area contributed by atoms with Gasteiger partial charge in [0.25, 0.3) is 0 Å². The van der Waals surface area contributed by atoms with Crippen LogP contribution in [-0.4, -0.2) is 26.2 Å². The van der Waals surface area contributed by atoms with E-state index in [2.05, 4.69) is 4.98 Å². The first-order chi connectivity index (χ1) is 9.09. The first-order valence-electron chi connectivity index (χ1n) is 6.00. The maximum atomic E-state index is 12.2. The van der Waals surface area contributed by atoms with E-state index in [1.807, 2.05) is 30.3 Å². The van der Waals surface area contributed by atoms with E-state index < -0.39 is 10.0 Å². The Labute approximate surface area is 113 Å². The molecule has 0 amide bonds. The summed E-state index contributed by atoms with van der Waals surface area (Å²) < 4.78 is 25.7. The molecule has 0 saturated carbocycles. The van der Waals surface area contributed by atoms with Crippen molar-refractivity contribution >= 4 is 15.7 Å². The molecule has 2 rings (SSSR count). The molecule has 19 heavy (non-hydrogen) atoms. The fourth-order valence-electron chi connectivity index (χ4n) is 1.73. The maximum Gasteiger partial charge on any atom is 0.235 e. The monoisotopic (exact) mass is 276 g/mol. The highest BCUT2D eigenvalue weighted by atomic mass is 32.2. The van der Waals surface area contributed by atoms with Crippen LogP contribution in [0.5, 0.6) is 0 Å². The lowest BCUT2D eigenvalue weighted by Gasteiger charge is -2.18. The first-order valence-corrected chi connectivity index (χ1v) is 7.61. The summed E-state index contributed by atoms with van der Waals surface area (Å²) in [6.45, 7) is 0. The molecule has 0 spiro atoms. The van der Waals surface area contributed by atoms with Crippen LogP contribution in [0.4, 0.5) is 5.69 Å². The third-order valence-electron chi connectivity index (χ3n) is 2.92. The average molecular weight is 276 g/mol. The first kappa shape index (κ1) is 13.5. The molecule has 0 N–H and O–H groups in total. The largest absolute Gasteiger partial charge is 0.272 e. The molecule has 100 valence electrons. The number of aromatic nitrogens is 1. The van der Waals surface area contributed by atoms with Crippen LogP contribution >= 0.6 is 0 Å². The molecular formula is C14H16N2O2S. The van der Waals surface area contributed by atoms with Crippen molar-refractivity contribution in [3.63, 3.8) is 0 Å². The smallest absolute Gasteiger partial charge is 0.235 e. The van der Waals surface area contributed by atoms with E-state index in [9.17, 15) is 8.42 Å². The molecule has 5 heteroatoms. The van der Waals surface area contributed by atoms with E-state index in [1.165, 1.54) is 4.31 Å². The highest BCUT2D eigenvalue weighted by Crippen LogP contribution is 2.15. The van der Waals surface area contributed by atoms with Crippen molar-refractivity contribution in [1.29, 1.82) is 0 Å². The Hall–Kier alpha value is -1.88. The number of benzene rings is 1. The summed E-state index contributed by atoms with van der Waals surface area (Å²) >= 11 is 0. The molecule has 0 aliphatic heterocycles. The number of sulfonamides is 1. The lowest BCUT2D eigenvalue weighted by molar-refractivity contribution is 0.593. The predicted molar refractivity (Wildman–Crippen MR) is 76.6 cm³/mol. The van der Waals surface area contributed by atoms with Gasteiger partial charge in [-0.2, -0.15) is 0 Å². The highest BCUT2D eigenvalue weighted by molar-refractivity contribution is 7.92. The molecule has 4 nitrogen and oxygen atoms in total. The maximum absolute atomic E-state index is 12.2. The summed E-state index contributed by atoms with van der Waals surface area (Å²) in [6, 6.07) is 13.0. The Morgan fingerprint density at radius 3 is 2.47 bits per heavy atom. The molecule has 0 aliphatic rings. The summed E-state index contributed by atoms with van der Waals surface area (Å²) in [4.78, 5) is 3.93.